The molecule has 0 fully saturated rings. The van der Waals surface area contributed by atoms with Crippen molar-refractivity contribution in [3.05, 3.63) is 34.9 Å². The van der Waals surface area contributed by atoms with Gasteiger partial charge in [-0.1, -0.05) is 23.7 Å². The molecule has 0 aliphatic rings. The molecule has 2 N–H and O–H groups in total. The molecule has 2 unspecified atom stereocenters. The van der Waals surface area contributed by atoms with Gasteiger partial charge in [0.2, 0.25) is 0 Å². The molecule has 0 amide bonds. The number of rotatable bonds is 4. The largest absolute Gasteiger partial charge is 0.327 e. The molecule has 78 valence electrons. The maximum atomic E-state index is 11.5. The van der Waals surface area contributed by atoms with Gasteiger partial charge in [-0.15, -0.1) is 0 Å². The van der Waals surface area contributed by atoms with Gasteiger partial charge in [-0.2, -0.15) is 0 Å². The average Bonchev–Trinajstić information content (AvgIpc) is 2.01. The Kier molecular flexibility index (Phi) is 4.58. The van der Waals surface area contributed by atoms with Gasteiger partial charge in [0, 0.05) is 33.4 Å². The first-order valence-electron chi connectivity index (χ1n) is 4.43. The van der Waals surface area contributed by atoms with E-state index in [9.17, 15) is 4.21 Å². The predicted octanol–water partition coefficient (Wildman–Crippen LogP) is 1.94. The van der Waals surface area contributed by atoms with Crippen molar-refractivity contribution in [2.24, 2.45) is 5.73 Å². The Bertz CT molecular complexity index is 328. The molecule has 0 bridgehead atoms. The van der Waals surface area contributed by atoms with Gasteiger partial charge in [-0.25, -0.2) is 0 Å². The highest BCUT2D eigenvalue weighted by Gasteiger charge is 2.04. The number of hydrogen-bond donors (Lipinski definition) is 1. The van der Waals surface area contributed by atoms with E-state index >= 15 is 0 Å². The summed E-state index contributed by atoms with van der Waals surface area (Å²) in [5, 5.41) is 0.681. The second kappa shape index (κ2) is 5.49. The molecule has 1 aromatic rings. The van der Waals surface area contributed by atoms with Gasteiger partial charge >= 0.3 is 0 Å². The van der Waals surface area contributed by atoms with Crippen LogP contribution in [0.5, 0.6) is 0 Å². The lowest BCUT2D eigenvalue weighted by Crippen LogP contribution is -2.23. The van der Waals surface area contributed by atoms with Crippen molar-refractivity contribution in [1.29, 1.82) is 0 Å². The Morgan fingerprint density at radius 2 is 2.29 bits per heavy atom. The standard InChI is InChI=1S/C10H14ClNOS/c1-8(12)6-14(13)7-9-3-2-4-10(11)5-9/h2-5,8H,6-7,12H2,1H3. The SMILES string of the molecule is CC(N)CS(=O)Cc1cccc(Cl)c1. The minimum atomic E-state index is -0.893. The van der Waals surface area contributed by atoms with Crippen molar-refractivity contribution in [2.75, 3.05) is 5.75 Å². The summed E-state index contributed by atoms with van der Waals surface area (Å²) in [5.41, 5.74) is 6.55. The Morgan fingerprint density at radius 1 is 1.57 bits per heavy atom. The van der Waals surface area contributed by atoms with Crippen LogP contribution in [0.4, 0.5) is 0 Å². The van der Waals surface area contributed by atoms with Gasteiger partial charge in [0.1, 0.15) is 0 Å². The molecule has 1 aromatic carbocycles. The van der Waals surface area contributed by atoms with Gasteiger partial charge in [-0.05, 0) is 24.6 Å². The zero-order valence-electron chi connectivity index (χ0n) is 8.07. The summed E-state index contributed by atoms with van der Waals surface area (Å²) in [6.07, 6.45) is 0. The lowest BCUT2D eigenvalue weighted by Gasteiger charge is -2.05. The maximum absolute atomic E-state index is 11.5. The number of halogens is 1. The third kappa shape index (κ3) is 4.22. The van der Waals surface area contributed by atoms with Gasteiger partial charge in [0.15, 0.2) is 0 Å². The van der Waals surface area contributed by atoms with Crippen LogP contribution in [0.3, 0.4) is 0 Å². The monoisotopic (exact) mass is 231 g/mol. The van der Waals surface area contributed by atoms with Crippen LogP contribution in [-0.2, 0) is 16.6 Å². The Morgan fingerprint density at radius 3 is 2.86 bits per heavy atom. The van der Waals surface area contributed by atoms with Crippen LogP contribution in [0.1, 0.15) is 12.5 Å². The second-order valence-corrected chi connectivity index (χ2v) is 5.30. The molecule has 0 saturated heterocycles. The highest BCUT2D eigenvalue weighted by atomic mass is 35.5. The van der Waals surface area contributed by atoms with Crippen molar-refractivity contribution in [3.63, 3.8) is 0 Å². The van der Waals surface area contributed by atoms with Crippen LogP contribution in [0.2, 0.25) is 5.02 Å². The third-order valence-corrected chi connectivity index (χ3v) is 3.45. The van der Waals surface area contributed by atoms with E-state index in [0.29, 0.717) is 16.5 Å². The molecular weight excluding hydrogens is 218 g/mol. The predicted molar refractivity (Wildman–Crippen MR) is 61.8 cm³/mol. The number of benzene rings is 1. The summed E-state index contributed by atoms with van der Waals surface area (Å²) < 4.78 is 11.5. The molecule has 2 atom stereocenters. The van der Waals surface area contributed by atoms with E-state index in [4.69, 9.17) is 17.3 Å². The topological polar surface area (TPSA) is 43.1 Å². The van der Waals surface area contributed by atoms with Crippen molar-refractivity contribution in [1.82, 2.24) is 0 Å². The zero-order chi connectivity index (χ0) is 10.6. The van der Waals surface area contributed by atoms with Gasteiger partial charge in [0.05, 0.1) is 0 Å². The van der Waals surface area contributed by atoms with Crippen LogP contribution < -0.4 is 5.73 Å². The van der Waals surface area contributed by atoms with E-state index in [1.54, 1.807) is 6.07 Å². The molecule has 0 aromatic heterocycles. The second-order valence-electron chi connectivity index (χ2n) is 3.36. The minimum absolute atomic E-state index is 0.0185. The van der Waals surface area contributed by atoms with E-state index in [-0.39, 0.29) is 6.04 Å². The molecule has 1 rings (SSSR count). The first kappa shape index (κ1) is 11.7. The average molecular weight is 232 g/mol. The van der Waals surface area contributed by atoms with E-state index in [0.717, 1.165) is 5.56 Å². The van der Waals surface area contributed by atoms with Crippen molar-refractivity contribution in [2.45, 2.75) is 18.7 Å². The van der Waals surface area contributed by atoms with Gasteiger partial charge in [0.25, 0.3) is 0 Å². The fraction of sp³-hybridized carbons (Fsp3) is 0.400. The van der Waals surface area contributed by atoms with Crippen LogP contribution in [0.25, 0.3) is 0 Å². The molecule has 0 aliphatic heterocycles. The smallest absolute Gasteiger partial charge is 0.0486 e. The number of nitrogens with two attached hydrogens (primary N) is 1. The molecule has 4 heteroatoms. The van der Waals surface area contributed by atoms with Gasteiger partial charge < -0.3 is 5.73 Å². The fourth-order valence-electron chi connectivity index (χ4n) is 1.16. The highest BCUT2D eigenvalue weighted by Crippen LogP contribution is 2.12. The van der Waals surface area contributed by atoms with E-state index in [1.807, 2.05) is 25.1 Å². The molecule has 0 saturated carbocycles. The Balaban J connectivity index is 2.56. The summed E-state index contributed by atoms with van der Waals surface area (Å²) in [7, 11) is -0.893. The summed E-state index contributed by atoms with van der Waals surface area (Å²) in [6.45, 7) is 1.86. The zero-order valence-corrected chi connectivity index (χ0v) is 9.65. The van der Waals surface area contributed by atoms with Crippen LogP contribution in [0, 0.1) is 0 Å². The Hall–Kier alpha value is -0.380. The molecule has 14 heavy (non-hydrogen) atoms. The summed E-state index contributed by atoms with van der Waals surface area (Å²) >= 11 is 5.81. The molecule has 2 nitrogen and oxygen atoms in total. The van der Waals surface area contributed by atoms with Crippen LogP contribution >= 0.6 is 11.6 Å². The molecular formula is C10H14ClNOS. The molecule has 0 radical (unpaired) electrons. The van der Waals surface area contributed by atoms with Crippen LogP contribution in [0.15, 0.2) is 24.3 Å². The third-order valence-electron chi connectivity index (χ3n) is 1.67. The maximum Gasteiger partial charge on any atom is 0.0486 e. The lowest BCUT2D eigenvalue weighted by atomic mass is 10.2. The number of hydrogen-bond acceptors (Lipinski definition) is 2. The van der Waals surface area contributed by atoms with E-state index < -0.39 is 10.8 Å². The Labute approximate surface area is 91.9 Å². The highest BCUT2D eigenvalue weighted by molar-refractivity contribution is 7.84. The lowest BCUT2D eigenvalue weighted by molar-refractivity contribution is 0.676. The van der Waals surface area contributed by atoms with Crippen molar-refractivity contribution < 1.29 is 4.21 Å². The van der Waals surface area contributed by atoms with Crippen LogP contribution in [-0.4, -0.2) is 16.0 Å². The summed E-state index contributed by atoms with van der Waals surface area (Å²) in [4.78, 5) is 0. The molecule has 0 spiro atoms. The first-order chi connectivity index (χ1) is 6.58. The van der Waals surface area contributed by atoms with E-state index in [1.165, 1.54) is 0 Å². The van der Waals surface area contributed by atoms with E-state index in [2.05, 4.69) is 0 Å². The summed E-state index contributed by atoms with van der Waals surface area (Å²) in [6, 6.07) is 7.40. The first-order valence-corrected chi connectivity index (χ1v) is 6.29. The minimum Gasteiger partial charge on any atom is -0.327 e. The summed E-state index contributed by atoms with van der Waals surface area (Å²) in [5.74, 6) is 1.06. The normalized spacial score (nSPS) is 15.1. The fourth-order valence-corrected chi connectivity index (χ4v) is 2.63. The van der Waals surface area contributed by atoms with Crippen molar-refractivity contribution in [3.8, 4) is 0 Å². The molecule has 0 heterocycles. The molecule has 0 aliphatic carbocycles. The van der Waals surface area contributed by atoms with Gasteiger partial charge in [-0.3, -0.25) is 4.21 Å². The van der Waals surface area contributed by atoms with Crippen molar-refractivity contribution >= 4 is 22.4 Å². The quantitative estimate of drug-likeness (QED) is 0.861.